The Morgan fingerprint density at radius 2 is 2.05 bits per heavy atom. The Morgan fingerprint density at radius 3 is 2.95 bits per heavy atom. The Morgan fingerprint density at radius 1 is 1.14 bits per heavy atom. The van der Waals surface area contributed by atoms with E-state index in [1.54, 1.807) is 6.33 Å². The molecule has 6 heteroatoms. The van der Waals surface area contributed by atoms with Crippen molar-refractivity contribution in [3.8, 4) is 0 Å². The lowest BCUT2D eigenvalue weighted by Crippen LogP contribution is -2.10. The van der Waals surface area contributed by atoms with Crippen LogP contribution in [0.25, 0.3) is 11.2 Å². The molecular weight excluding hydrogens is 286 g/mol. The van der Waals surface area contributed by atoms with Crippen molar-refractivity contribution >= 4 is 34.3 Å². The number of halogens is 1. The number of benzene rings is 1. The largest absolute Gasteiger partial charge is 0.337 e. The van der Waals surface area contributed by atoms with E-state index >= 15 is 0 Å². The number of nitrogens with one attached hydrogen (secondary N) is 1. The van der Waals surface area contributed by atoms with Gasteiger partial charge in [-0.15, -0.1) is 0 Å². The van der Waals surface area contributed by atoms with Crippen molar-refractivity contribution in [2.24, 2.45) is 0 Å². The fraction of sp³-hybridized carbons (Fsp3) is 0.267. The molecule has 1 aliphatic heterocycles. The second-order valence-corrected chi connectivity index (χ2v) is 5.54. The van der Waals surface area contributed by atoms with E-state index in [-0.39, 0.29) is 0 Å². The third kappa shape index (κ3) is 2.14. The maximum Gasteiger partial charge on any atom is 0.165 e. The van der Waals surface area contributed by atoms with E-state index in [4.69, 9.17) is 16.6 Å². The molecule has 1 aromatic carbocycles. The van der Waals surface area contributed by atoms with E-state index in [2.05, 4.69) is 19.9 Å². The summed E-state index contributed by atoms with van der Waals surface area (Å²) in [5.74, 6) is 1.80. The lowest BCUT2D eigenvalue weighted by atomic mass is 10.2. The molecule has 3 aromatic rings. The number of rotatable bonds is 2. The highest BCUT2D eigenvalue weighted by atomic mass is 35.5. The first-order valence-corrected chi connectivity index (χ1v) is 7.42. The van der Waals surface area contributed by atoms with Crippen molar-refractivity contribution < 1.29 is 0 Å². The first-order valence-electron chi connectivity index (χ1n) is 7.04. The second kappa shape index (κ2) is 5.00. The fourth-order valence-corrected chi connectivity index (χ4v) is 2.93. The number of nitrogens with zero attached hydrogens (tertiary/aromatic N) is 4. The Hall–Kier alpha value is -2.14. The van der Waals surface area contributed by atoms with E-state index in [0.717, 1.165) is 35.6 Å². The molecule has 21 heavy (non-hydrogen) atoms. The average molecular weight is 300 g/mol. The van der Waals surface area contributed by atoms with Crippen LogP contribution >= 0.6 is 11.6 Å². The Balaban J connectivity index is 1.82. The van der Waals surface area contributed by atoms with Crippen molar-refractivity contribution in [2.75, 3.05) is 5.32 Å². The SMILES string of the molecule is Clc1ccccc1Nc1ncnc2c1nc1n2CCCC1. The van der Waals surface area contributed by atoms with Crippen LogP contribution in [0.3, 0.4) is 0 Å². The first-order chi connectivity index (χ1) is 10.3. The zero-order valence-corrected chi connectivity index (χ0v) is 12.1. The van der Waals surface area contributed by atoms with Crippen LogP contribution in [0.15, 0.2) is 30.6 Å². The van der Waals surface area contributed by atoms with E-state index < -0.39 is 0 Å². The molecule has 0 radical (unpaired) electrons. The van der Waals surface area contributed by atoms with Crippen molar-refractivity contribution in [2.45, 2.75) is 25.8 Å². The molecular formula is C15H14ClN5. The molecule has 1 aliphatic rings. The smallest absolute Gasteiger partial charge is 0.165 e. The van der Waals surface area contributed by atoms with E-state index in [0.29, 0.717) is 10.8 Å². The van der Waals surface area contributed by atoms with Crippen molar-refractivity contribution in [1.82, 2.24) is 19.5 Å². The maximum atomic E-state index is 6.19. The summed E-state index contributed by atoms with van der Waals surface area (Å²) in [6, 6.07) is 7.61. The molecule has 0 bridgehead atoms. The molecule has 0 aliphatic carbocycles. The van der Waals surface area contributed by atoms with Crippen LogP contribution < -0.4 is 5.32 Å². The zero-order chi connectivity index (χ0) is 14.2. The Kier molecular flexibility index (Phi) is 3.00. The van der Waals surface area contributed by atoms with Gasteiger partial charge in [-0.1, -0.05) is 23.7 Å². The molecule has 0 saturated carbocycles. The monoisotopic (exact) mass is 299 g/mol. The number of aryl methyl sites for hydroxylation is 2. The molecule has 0 atom stereocenters. The number of imidazole rings is 1. The average Bonchev–Trinajstić information content (AvgIpc) is 2.89. The number of hydrogen-bond acceptors (Lipinski definition) is 4. The van der Waals surface area contributed by atoms with Gasteiger partial charge < -0.3 is 9.88 Å². The maximum absolute atomic E-state index is 6.19. The topological polar surface area (TPSA) is 55.6 Å². The quantitative estimate of drug-likeness (QED) is 0.786. The summed E-state index contributed by atoms with van der Waals surface area (Å²) < 4.78 is 2.19. The number of fused-ring (bicyclic) bond motifs is 3. The molecule has 4 rings (SSSR count). The molecule has 5 nitrogen and oxygen atoms in total. The molecule has 2 aromatic heterocycles. The third-order valence-corrected chi connectivity index (χ3v) is 4.10. The van der Waals surface area contributed by atoms with Gasteiger partial charge in [0.25, 0.3) is 0 Å². The minimum Gasteiger partial charge on any atom is -0.337 e. The van der Waals surface area contributed by atoms with Crippen molar-refractivity contribution in [3.63, 3.8) is 0 Å². The van der Waals surface area contributed by atoms with Crippen LogP contribution in [-0.2, 0) is 13.0 Å². The highest BCUT2D eigenvalue weighted by Crippen LogP contribution is 2.29. The van der Waals surface area contributed by atoms with Crippen LogP contribution in [0.4, 0.5) is 11.5 Å². The zero-order valence-electron chi connectivity index (χ0n) is 11.4. The predicted molar refractivity (Wildman–Crippen MR) is 83.0 cm³/mol. The van der Waals surface area contributed by atoms with Crippen LogP contribution in [0.5, 0.6) is 0 Å². The molecule has 106 valence electrons. The van der Waals surface area contributed by atoms with Gasteiger partial charge in [0.1, 0.15) is 12.2 Å². The van der Waals surface area contributed by atoms with Gasteiger partial charge in [0.2, 0.25) is 0 Å². The number of anilines is 2. The summed E-state index contributed by atoms with van der Waals surface area (Å²) >= 11 is 6.19. The molecule has 0 amide bonds. The van der Waals surface area contributed by atoms with Gasteiger partial charge in [0.15, 0.2) is 17.0 Å². The minimum absolute atomic E-state index is 0.660. The van der Waals surface area contributed by atoms with Gasteiger partial charge in [-0.05, 0) is 25.0 Å². The summed E-state index contributed by atoms with van der Waals surface area (Å²) in [7, 11) is 0. The first kappa shape index (κ1) is 12.6. The van der Waals surface area contributed by atoms with Gasteiger partial charge in [-0.2, -0.15) is 0 Å². The van der Waals surface area contributed by atoms with Gasteiger partial charge in [0, 0.05) is 13.0 Å². The lowest BCUT2D eigenvalue weighted by Gasteiger charge is -2.13. The van der Waals surface area contributed by atoms with Gasteiger partial charge in [-0.25, -0.2) is 15.0 Å². The summed E-state index contributed by atoms with van der Waals surface area (Å²) in [6.45, 7) is 0.981. The van der Waals surface area contributed by atoms with Gasteiger partial charge in [-0.3, -0.25) is 0 Å². The highest BCUT2D eigenvalue weighted by Gasteiger charge is 2.18. The third-order valence-electron chi connectivity index (χ3n) is 3.77. The predicted octanol–water partition coefficient (Wildman–Crippen LogP) is 3.56. The van der Waals surface area contributed by atoms with Crippen molar-refractivity contribution in [3.05, 3.63) is 41.4 Å². The van der Waals surface area contributed by atoms with Crippen molar-refractivity contribution in [1.29, 1.82) is 0 Å². The van der Waals surface area contributed by atoms with E-state index in [1.807, 2.05) is 24.3 Å². The normalized spacial score (nSPS) is 14.1. The summed E-state index contributed by atoms with van der Waals surface area (Å²) in [6.07, 6.45) is 4.94. The molecule has 0 unspecified atom stereocenters. The number of aromatic nitrogens is 4. The molecule has 3 heterocycles. The summed E-state index contributed by atoms with van der Waals surface area (Å²) in [5, 5.41) is 3.93. The second-order valence-electron chi connectivity index (χ2n) is 5.14. The number of hydrogen-bond donors (Lipinski definition) is 1. The van der Waals surface area contributed by atoms with Crippen LogP contribution in [-0.4, -0.2) is 19.5 Å². The van der Waals surface area contributed by atoms with Crippen LogP contribution in [0, 0.1) is 0 Å². The van der Waals surface area contributed by atoms with Gasteiger partial charge in [0.05, 0.1) is 10.7 Å². The Labute approximate surface area is 127 Å². The molecule has 0 fully saturated rings. The summed E-state index contributed by atoms with van der Waals surface area (Å²) in [4.78, 5) is 13.4. The highest BCUT2D eigenvalue weighted by molar-refractivity contribution is 6.33. The van der Waals surface area contributed by atoms with E-state index in [1.165, 1.54) is 12.8 Å². The fourth-order valence-electron chi connectivity index (χ4n) is 2.74. The van der Waals surface area contributed by atoms with Crippen LogP contribution in [0.2, 0.25) is 5.02 Å². The Bertz CT molecular complexity index is 811. The molecule has 0 spiro atoms. The minimum atomic E-state index is 0.660. The number of para-hydroxylation sites is 1. The lowest BCUT2D eigenvalue weighted by molar-refractivity contribution is 0.530. The molecule has 1 N–H and O–H groups in total. The van der Waals surface area contributed by atoms with E-state index in [9.17, 15) is 0 Å². The van der Waals surface area contributed by atoms with Crippen LogP contribution in [0.1, 0.15) is 18.7 Å². The van der Waals surface area contributed by atoms with Gasteiger partial charge >= 0.3 is 0 Å². The summed E-state index contributed by atoms with van der Waals surface area (Å²) in [5.41, 5.74) is 2.54. The standard InChI is InChI=1S/C15H14ClN5/c16-10-5-1-2-6-11(10)19-14-13-15(18-9-17-14)21-8-4-3-7-12(21)20-13/h1-2,5-6,9H,3-4,7-8H2,(H,17,18,19). The molecule has 0 saturated heterocycles.